The van der Waals surface area contributed by atoms with Crippen molar-refractivity contribution in [3.05, 3.63) is 30.6 Å². The number of nitrogens with zero attached hydrogens (tertiary/aromatic N) is 2. The molecule has 2 aromatic heterocycles. The molecule has 0 fully saturated rings. The summed E-state index contributed by atoms with van der Waals surface area (Å²) < 4.78 is 19.5. The van der Waals surface area contributed by atoms with E-state index in [1.807, 2.05) is 0 Å². The molecule has 0 aliphatic carbocycles. The molecule has 0 saturated carbocycles. The normalized spacial score (nSPS) is 13.0. The lowest BCUT2D eigenvalue weighted by atomic mass is 10.3. The first-order valence-electron chi connectivity index (χ1n) is 3.59. The molecule has 2 aromatic rings. The summed E-state index contributed by atoms with van der Waals surface area (Å²) >= 11 is -2.02. The Hall–Kier alpha value is -1.33. The number of hydrogen-bond donors (Lipinski definition) is 1. The van der Waals surface area contributed by atoms with Gasteiger partial charge in [-0.25, -0.2) is 9.19 Å². The number of hydrogen-bond acceptors (Lipinski definition) is 3. The highest BCUT2D eigenvalue weighted by atomic mass is 32.2. The monoisotopic (exact) mass is 194 g/mol. The topological polar surface area (TPSA) is 63.1 Å². The lowest BCUT2D eigenvalue weighted by Gasteiger charge is -1.97. The van der Waals surface area contributed by atoms with Crippen molar-refractivity contribution in [3.63, 3.8) is 0 Å². The van der Waals surface area contributed by atoms with Gasteiger partial charge in [-0.05, 0) is 18.2 Å². The number of fused-ring (bicyclic) bond motifs is 1. The van der Waals surface area contributed by atoms with Crippen LogP contribution in [0.15, 0.2) is 35.6 Å². The molecule has 0 aliphatic rings. The van der Waals surface area contributed by atoms with E-state index in [2.05, 4.69) is 9.97 Å². The number of rotatable bonds is 1. The van der Waals surface area contributed by atoms with E-state index in [9.17, 15) is 4.21 Å². The molecule has 1 N–H and O–H groups in total. The summed E-state index contributed by atoms with van der Waals surface area (Å²) in [5, 5.41) is 1.02. The molecule has 5 heteroatoms. The minimum Gasteiger partial charge on any atom is -0.301 e. The Labute approximate surface area is 76.9 Å². The molecule has 2 rings (SSSR count). The Morgan fingerprint density at radius 2 is 2.15 bits per heavy atom. The molecule has 0 amide bonds. The van der Waals surface area contributed by atoms with Crippen LogP contribution in [0.2, 0.25) is 0 Å². The summed E-state index contributed by atoms with van der Waals surface area (Å²) in [6.07, 6.45) is 3.26. The molecule has 1 unspecified atom stereocenters. The van der Waals surface area contributed by atoms with Crippen LogP contribution in [0.3, 0.4) is 0 Å². The van der Waals surface area contributed by atoms with E-state index in [0.29, 0.717) is 5.52 Å². The molecule has 66 valence electrons. The van der Waals surface area contributed by atoms with Gasteiger partial charge in [-0.3, -0.25) is 4.98 Å². The zero-order valence-electron chi connectivity index (χ0n) is 6.54. The second-order valence-corrected chi connectivity index (χ2v) is 3.38. The van der Waals surface area contributed by atoms with E-state index in [0.717, 1.165) is 5.39 Å². The van der Waals surface area contributed by atoms with Gasteiger partial charge >= 0.3 is 0 Å². The van der Waals surface area contributed by atoms with E-state index in [1.54, 1.807) is 24.5 Å². The fourth-order valence-electron chi connectivity index (χ4n) is 1.04. The Balaban J connectivity index is 2.69. The van der Waals surface area contributed by atoms with Crippen LogP contribution in [0.1, 0.15) is 0 Å². The first kappa shape index (κ1) is 8.28. The summed E-state index contributed by atoms with van der Waals surface area (Å²) in [6, 6.07) is 4.94. The van der Waals surface area contributed by atoms with Gasteiger partial charge in [0.1, 0.15) is 0 Å². The van der Waals surface area contributed by atoms with Crippen LogP contribution in [0.25, 0.3) is 10.9 Å². The summed E-state index contributed by atoms with van der Waals surface area (Å²) in [5.74, 6) is 0. The van der Waals surface area contributed by atoms with Crippen LogP contribution in [0, 0.1) is 0 Å². The molecule has 2 heterocycles. The Morgan fingerprint density at radius 1 is 1.31 bits per heavy atom. The molecule has 0 radical (unpaired) electrons. The maximum absolute atomic E-state index is 10.7. The van der Waals surface area contributed by atoms with Crippen LogP contribution in [-0.2, 0) is 11.1 Å². The first-order valence-corrected chi connectivity index (χ1v) is 4.70. The highest BCUT2D eigenvalue weighted by molar-refractivity contribution is 7.79. The summed E-state index contributed by atoms with van der Waals surface area (Å²) in [6.45, 7) is 0. The van der Waals surface area contributed by atoms with Gasteiger partial charge in [0.25, 0.3) is 0 Å². The van der Waals surface area contributed by atoms with E-state index < -0.39 is 11.1 Å². The third-order valence-corrected chi connectivity index (χ3v) is 2.23. The molecule has 1 atom stereocenters. The summed E-state index contributed by atoms with van der Waals surface area (Å²) in [7, 11) is 0. The minimum atomic E-state index is -2.02. The van der Waals surface area contributed by atoms with Gasteiger partial charge < -0.3 is 4.55 Å². The van der Waals surface area contributed by atoms with Crippen molar-refractivity contribution < 1.29 is 8.76 Å². The molecular formula is C8H6N2O2S. The van der Waals surface area contributed by atoms with Crippen molar-refractivity contribution in [2.24, 2.45) is 0 Å². The number of pyridine rings is 2. The molecule has 0 aromatic carbocycles. The van der Waals surface area contributed by atoms with Gasteiger partial charge in [-0.1, -0.05) is 0 Å². The zero-order chi connectivity index (χ0) is 9.26. The SMILES string of the molecule is O=S(O)c1ccc2cnccc2n1. The zero-order valence-corrected chi connectivity index (χ0v) is 7.36. The molecule has 4 nitrogen and oxygen atoms in total. The average molecular weight is 194 g/mol. The van der Waals surface area contributed by atoms with Crippen LogP contribution in [-0.4, -0.2) is 18.7 Å². The van der Waals surface area contributed by atoms with Crippen molar-refractivity contribution in [1.82, 2.24) is 9.97 Å². The highest BCUT2D eigenvalue weighted by Crippen LogP contribution is 2.11. The molecular weight excluding hydrogens is 188 g/mol. The van der Waals surface area contributed by atoms with Crippen molar-refractivity contribution in [2.75, 3.05) is 0 Å². The third kappa shape index (κ3) is 1.56. The fraction of sp³-hybridized carbons (Fsp3) is 0. The van der Waals surface area contributed by atoms with E-state index in [-0.39, 0.29) is 5.03 Å². The van der Waals surface area contributed by atoms with Crippen LogP contribution in [0.4, 0.5) is 0 Å². The standard InChI is InChI=1S/C8H6N2O2S/c11-13(12)8-2-1-6-5-9-4-3-7(6)10-8/h1-5H,(H,11,12). The van der Waals surface area contributed by atoms with E-state index in [4.69, 9.17) is 4.55 Å². The lowest BCUT2D eigenvalue weighted by molar-refractivity contribution is 0.561. The number of aromatic nitrogens is 2. The maximum atomic E-state index is 10.7. The largest absolute Gasteiger partial charge is 0.301 e. The third-order valence-electron chi connectivity index (χ3n) is 1.64. The van der Waals surface area contributed by atoms with Crippen molar-refractivity contribution >= 4 is 22.0 Å². The minimum absolute atomic E-state index is 0.165. The van der Waals surface area contributed by atoms with Gasteiger partial charge in [0.15, 0.2) is 5.03 Å². The smallest absolute Gasteiger partial charge is 0.205 e. The van der Waals surface area contributed by atoms with Gasteiger partial charge in [0.2, 0.25) is 11.1 Å². The highest BCUT2D eigenvalue weighted by Gasteiger charge is 2.02. The van der Waals surface area contributed by atoms with Crippen molar-refractivity contribution in [1.29, 1.82) is 0 Å². The molecule has 13 heavy (non-hydrogen) atoms. The van der Waals surface area contributed by atoms with Crippen molar-refractivity contribution in [3.8, 4) is 0 Å². The Morgan fingerprint density at radius 3 is 2.92 bits per heavy atom. The quantitative estimate of drug-likeness (QED) is 0.693. The fourth-order valence-corrected chi connectivity index (χ4v) is 1.40. The van der Waals surface area contributed by atoms with Gasteiger partial charge in [-0.15, -0.1) is 0 Å². The average Bonchev–Trinajstić information content (AvgIpc) is 2.17. The van der Waals surface area contributed by atoms with E-state index >= 15 is 0 Å². The predicted octanol–water partition coefficient (Wildman–Crippen LogP) is 1.21. The van der Waals surface area contributed by atoms with Gasteiger partial charge in [0, 0.05) is 17.8 Å². The Bertz CT molecular complexity index is 472. The second kappa shape index (κ2) is 3.20. The first-order chi connectivity index (χ1) is 6.27. The van der Waals surface area contributed by atoms with Crippen LogP contribution < -0.4 is 0 Å². The second-order valence-electron chi connectivity index (χ2n) is 2.47. The molecule has 0 saturated heterocycles. The summed E-state index contributed by atoms with van der Waals surface area (Å²) in [5.41, 5.74) is 0.676. The molecule has 0 bridgehead atoms. The van der Waals surface area contributed by atoms with Crippen LogP contribution in [0.5, 0.6) is 0 Å². The Kier molecular flexibility index (Phi) is 2.03. The lowest BCUT2D eigenvalue weighted by Crippen LogP contribution is -1.92. The molecule has 0 aliphatic heterocycles. The predicted molar refractivity (Wildman–Crippen MR) is 48.6 cm³/mol. The van der Waals surface area contributed by atoms with Gasteiger partial charge in [-0.2, -0.15) is 0 Å². The van der Waals surface area contributed by atoms with E-state index in [1.165, 1.54) is 6.07 Å². The molecule has 0 spiro atoms. The van der Waals surface area contributed by atoms with Gasteiger partial charge in [0.05, 0.1) is 5.52 Å². The maximum Gasteiger partial charge on any atom is 0.205 e. The van der Waals surface area contributed by atoms with Crippen molar-refractivity contribution in [2.45, 2.75) is 5.03 Å². The summed E-state index contributed by atoms with van der Waals surface area (Å²) in [4.78, 5) is 7.89. The van der Waals surface area contributed by atoms with Crippen LogP contribution >= 0.6 is 0 Å².